The maximum atomic E-state index is 9.38. The van der Waals surface area contributed by atoms with E-state index >= 15 is 0 Å². The van der Waals surface area contributed by atoms with Gasteiger partial charge in [-0.3, -0.25) is 11.6 Å². The number of carbonyl (C=O) groups excluding carboxylic acids is 4. The van der Waals surface area contributed by atoms with Gasteiger partial charge < -0.3 is 45.3 Å². The molecule has 0 aliphatic carbocycles. The van der Waals surface area contributed by atoms with Crippen LogP contribution in [-0.4, -0.2) is 55.5 Å². The summed E-state index contributed by atoms with van der Waals surface area (Å²) in [5.74, 6) is 0. The van der Waals surface area contributed by atoms with Gasteiger partial charge in [0.25, 0.3) is 6.03 Å². The Kier molecular flexibility index (Phi) is 177. The maximum absolute atomic E-state index is 9.38. The SMILES string of the molecule is C.C.C.C.C.C.CNC(O)(O)N[C-]=O.C[C-]=O.O=[C-]NCN[C-]=O.[Y].[Y]. The Labute approximate surface area is 211 Å². The molecule has 0 aromatic carbocycles. The van der Waals surface area contributed by atoms with Crippen LogP contribution in [0.1, 0.15) is 51.5 Å². The van der Waals surface area contributed by atoms with Gasteiger partial charge in [0.05, 0.1) is 0 Å². The van der Waals surface area contributed by atoms with E-state index in [1.54, 1.807) is 5.32 Å². The van der Waals surface area contributed by atoms with Crippen LogP contribution in [0.3, 0.4) is 0 Å². The van der Waals surface area contributed by atoms with Crippen molar-refractivity contribution in [3.8, 4) is 0 Å². The van der Waals surface area contributed by atoms with Gasteiger partial charge in [0.1, 0.15) is 0 Å². The van der Waals surface area contributed by atoms with E-state index < -0.39 is 6.03 Å². The Morgan fingerprint density at radius 1 is 0.769 bits per heavy atom. The molecule has 0 atom stereocenters. The van der Waals surface area contributed by atoms with Crippen LogP contribution in [0.5, 0.6) is 0 Å². The summed E-state index contributed by atoms with van der Waals surface area (Å²) in [6, 6.07) is -2.33. The second-order valence-electron chi connectivity index (χ2n) is 2.09. The van der Waals surface area contributed by atoms with E-state index in [1.807, 2.05) is 5.32 Å². The standard InChI is InChI=1S/C3H7N2O3.C3H4N2O2.C2H3O.6CH4.2Y/c1-4-3(7,8)5-2-6;6-2-4-1-5-3-7;1-2-3;;;;;;;;/h4,7-8H,1H3,(H,5,6);1H2,(H,4,6)(H,5,7);1H3;6*1H4;;/q-1;-2;-1;;;;;;;;. The smallest absolute Gasteiger partial charge is 0.280 e. The molecule has 6 N–H and O–H groups in total. The first-order chi connectivity index (χ1) is 8.45. The summed E-state index contributed by atoms with van der Waals surface area (Å²) in [5.41, 5.74) is 0. The van der Waals surface area contributed by atoms with Crippen molar-refractivity contribution in [2.75, 3.05) is 13.7 Å². The summed E-state index contributed by atoms with van der Waals surface area (Å²) in [6.45, 7) is 1.41. The maximum Gasteiger partial charge on any atom is 0.280 e. The zero-order chi connectivity index (χ0) is 14.9. The summed E-state index contributed by atoms with van der Waals surface area (Å²) >= 11 is 0. The molecule has 12 heteroatoms. The van der Waals surface area contributed by atoms with Crippen LogP contribution < -0.4 is 21.3 Å². The van der Waals surface area contributed by atoms with Crippen LogP contribution in [0.2, 0.25) is 0 Å². The molecule has 2 radical (unpaired) electrons. The predicted octanol–water partition coefficient (Wildman–Crippen LogP) is -0.356. The van der Waals surface area contributed by atoms with Crippen LogP contribution in [0, 0.1) is 0 Å². The predicted molar refractivity (Wildman–Crippen MR) is 99.3 cm³/mol. The normalized spacial score (nSPS) is 5.69. The molecular weight excluding hydrogens is 498 g/mol. The fourth-order valence-electron chi connectivity index (χ4n) is 0.250. The van der Waals surface area contributed by atoms with E-state index in [0.717, 1.165) is 6.41 Å². The van der Waals surface area contributed by atoms with Gasteiger partial charge in [0.15, 0.2) is 0 Å². The number of aliphatic hydroxyl groups is 2. The molecule has 10 nitrogen and oxygen atoms in total. The molecule has 3 amide bonds. The summed E-state index contributed by atoms with van der Waals surface area (Å²) in [6.07, 6.45) is 5.32. The number of hydrogen-bond acceptors (Lipinski definition) is 7. The van der Waals surface area contributed by atoms with Gasteiger partial charge in [-0.25, -0.2) is 0 Å². The van der Waals surface area contributed by atoms with Crippen LogP contribution in [0.4, 0.5) is 0 Å². The third kappa shape index (κ3) is 104. The van der Waals surface area contributed by atoms with Crippen LogP contribution in [-0.2, 0) is 84.6 Å². The number of amides is 3. The Morgan fingerprint density at radius 2 is 1.04 bits per heavy atom. The Hall–Kier alpha value is 0.168. The van der Waals surface area contributed by atoms with Crippen LogP contribution in [0.15, 0.2) is 0 Å². The van der Waals surface area contributed by atoms with Crippen molar-refractivity contribution >= 4 is 25.5 Å². The molecular formula is C14H38N4O6Y2-4. The fraction of sp³-hybridized carbons (Fsp3) is 0.714. The van der Waals surface area contributed by atoms with Gasteiger partial charge in [0.2, 0.25) is 0 Å². The first-order valence-electron chi connectivity index (χ1n) is 4.22. The molecule has 0 aromatic rings. The molecule has 0 saturated carbocycles. The van der Waals surface area contributed by atoms with Gasteiger partial charge in [-0.05, 0) is 7.05 Å². The zero-order valence-corrected chi connectivity index (χ0v) is 16.6. The second kappa shape index (κ2) is 63.9. The largest absolute Gasteiger partial charge is 0.542 e. The van der Waals surface area contributed by atoms with Gasteiger partial charge in [-0.1, -0.05) is 44.6 Å². The van der Waals surface area contributed by atoms with Crippen LogP contribution >= 0.6 is 0 Å². The summed E-state index contributed by atoms with van der Waals surface area (Å²) < 4.78 is 0. The third-order valence-electron chi connectivity index (χ3n) is 0.895. The van der Waals surface area contributed by atoms with Crippen molar-refractivity contribution in [1.29, 1.82) is 0 Å². The molecule has 0 aromatic heterocycles. The zero-order valence-electron chi connectivity index (χ0n) is 10.9. The van der Waals surface area contributed by atoms with E-state index in [9.17, 15) is 14.4 Å². The molecule has 160 valence electrons. The average Bonchev–Trinajstić information content (AvgIpc) is 2.32. The van der Waals surface area contributed by atoms with Gasteiger partial charge >= 0.3 is 0 Å². The van der Waals surface area contributed by atoms with Crippen molar-refractivity contribution < 1.29 is 94.8 Å². The molecule has 0 heterocycles. The van der Waals surface area contributed by atoms with Crippen molar-refractivity contribution in [1.82, 2.24) is 21.3 Å². The first-order valence-corrected chi connectivity index (χ1v) is 4.22. The Balaban J connectivity index is -0.0000000132. The van der Waals surface area contributed by atoms with Gasteiger partial charge in [-0.15, -0.1) is 0 Å². The van der Waals surface area contributed by atoms with Crippen molar-refractivity contribution in [3.05, 3.63) is 0 Å². The Bertz CT molecular complexity index is 231. The number of rotatable bonds is 7. The third-order valence-corrected chi connectivity index (χ3v) is 0.895. The van der Waals surface area contributed by atoms with E-state index in [2.05, 4.69) is 10.6 Å². The van der Waals surface area contributed by atoms with Crippen molar-refractivity contribution in [2.24, 2.45) is 0 Å². The average molecular weight is 536 g/mol. The minimum absolute atomic E-state index is 0. The minimum Gasteiger partial charge on any atom is -0.542 e. The molecule has 0 bridgehead atoms. The topological polar surface area (TPSA) is 157 Å². The van der Waals surface area contributed by atoms with E-state index in [1.165, 1.54) is 33.1 Å². The molecule has 0 aliphatic heterocycles. The molecule has 0 aliphatic rings. The molecule has 0 rings (SSSR count). The molecule has 26 heavy (non-hydrogen) atoms. The monoisotopic (exact) mass is 536 g/mol. The van der Waals surface area contributed by atoms with E-state index in [4.69, 9.17) is 15.0 Å². The van der Waals surface area contributed by atoms with Gasteiger partial charge in [0, 0.05) is 72.1 Å². The summed E-state index contributed by atoms with van der Waals surface area (Å²) in [5, 5.41) is 24.5. The minimum atomic E-state index is -2.33. The van der Waals surface area contributed by atoms with Crippen LogP contribution in [0.25, 0.3) is 0 Å². The van der Waals surface area contributed by atoms with E-state index in [-0.39, 0.29) is 117 Å². The van der Waals surface area contributed by atoms with Crippen molar-refractivity contribution in [3.63, 3.8) is 0 Å². The molecule has 0 fully saturated rings. The molecule has 0 unspecified atom stereocenters. The molecule has 0 saturated heterocycles. The summed E-state index contributed by atoms with van der Waals surface area (Å²) in [4.78, 5) is 36.6. The Morgan fingerprint density at radius 3 is 1.15 bits per heavy atom. The summed E-state index contributed by atoms with van der Waals surface area (Å²) in [7, 11) is 1.27. The number of nitrogens with one attached hydrogen (secondary N) is 4. The van der Waals surface area contributed by atoms with E-state index in [0.29, 0.717) is 0 Å². The van der Waals surface area contributed by atoms with Crippen molar-refractivity contribution in [2.45, 2.75) is 57.5 Å². The first kappa shape index (κ1) is 72.0. The second-order valence-corrected chi connectivity index (χ2v) is 2.09. The quantitative estimate of drug-likeness (QED) is 0.112. The molecule has 0 spiro atoms. The number of hydrogen-bond donors (Lipinski definition) is 6. The van der Waals surface area contributed by atoms with Gasteiger partial charge in [-0.2, -0.15) is 26.2 Å². The fourth-order valence-corrected chi connectivity index (χ4v) is 0.250.